The minimum atomic E-state index is -1.09. The van der Waals surface area contributed by atoms with Gasteiger partial charge in [-0.15, -0.1) is 0 Å². The molecule has 1 saturated heterocycles. The van der Waals surface area contributed by atoms with Crippen LogP contribution in [-0.2, 0) is 20.9 Å². The van der Waals surface area contributed by atoms with Crippen LogP contribution in [0.1, 0.15) is 35.1 Å². The minimum absolute atomic E-state index is 0.0281. The van der Waals surface area contributed by atoms with Gasteiger partial charge in [0.2, 0.25) is 5.91 Å². The third-order valence-electron chi connectivity index (χ3n) is 7.26. The van der Waals surface area contributed by atoms with Crippen molar-refractivity contribution in [2.75, 3.05) is 13.2 Å². The average Bonchev–Trinajstić information content (AvgIpc) is 3.34. The molecule has 204 valence electrons. The summed E-state index contributed by atoms with van der Waals surface area (Å²) in [5.74, 6) is -1.67. The van der Waals surface area contributed by atoms with Crippen molar-refractivity contribution in [3.05, 3.63) is 120 Å². The van der Waals surface area contributed by atoms with Crippen LogP contribution in [0.15, 0.2) is 104 Å². The highest BCUT2D eigenvalue weighted by Gasteiger charge is 2.46. The maximum atomic E-state index is 14.0. The number of carbonyl (C=O) groups is 3. The number of ether oxygens (including phenoxy) is 1. The molecule has 3 amide bonds. The summed E-state index contributed by atoms with van der Waals surface area (Å²) >= 11 is 0. The smallest absolute Gasteiger partial charge is 0.408 e. The molecule has 2 heterocycles. The van der Waals surface area contributed by atoms with Crippen molar-refractivity contribution in [3.8, 4) is 0 Å². The number of nitrogens with one attached hydrogen (secondary N) is 1. The number of hydrogen-bond acceptors (Lipinski definition) is 5. The number of alkyl carbamates (subject to hydrolysis) is 1. The van der Waals surface area contributed by atoms with E-state index >= 15 is 0 Å². The summed E-state index contributed by atoms with van der Waals surface area (Å²) in [4.78, 5) is 41.4. The summed E-state index contributed by atoms with van der Waals surface area (Å²) < 4.78 is 7.25. The van der Waals surface area contributed by atoms with Crippen molar-refractivity contribution < 1.29 is 24.2 Å². The molecule has 0 spiro atoms. The second-order valence-electron chi connectivity index (χ2n) is 9.75. The number of piperidine rings is 1. The van der Waals surface area contributed by atoms with Crippen molar-refractivity contribution in [2.45, 2.75) is 31.0 Å². The predicted molar refractivity (Wildman–Crippen MR) is 151 cm³/mol. The largest absolute Gasteiger partial charge is 0.445 e. The molecule has 0 bridgehead atoms. The molecule has 0 saturated carbocycles. The number of hydrogen-bond donors (Lipinski definition) is 2. The van der Waals surface area contributed by atoms with Crippen LogP contribution in [0.25, 0.3) is 10.9 Å². The van der Waals surface area contributed by atoms with Gasteiger partial charge in [-0.25, -0.2) is 4.79 Å². The maximum Gasteiger partial charge on any atom is 0.408 e. The number of aliphatic hydroxyl groups excluding tert-OH is 1. The molecule has 1 aromatic heterocycles. The monoisotopic (exact) mass is 537 g/mol. The third-order valence-corrected chi connectivity index (χ3v) is 7.26. The zero-order valence-electron chi connectivity index (χ0n) is 22.0. The average molecular weight is 538 g/mol. The fraction of sp³-hybridized carbons (Fsp3) is 0.219. The fourth-order valence-electron chi connectivity index (χ4n) is 5.42. The van der Waals surface area contributed by atoms with Crippen molar-refractivity contribution in [1.82, 2.24) is 14.8 Å². The molecule has 8 heteroatoms. The Bertz CT molecular complexity index is 1520. The molecule has 3 aromatic carbocycles. The zero-order valence-corrected chi connectivity index (χ0v) is 22.0. The molecule has 1 aliphatic heterocycles. The van der Waals surface area contributed by atoms with Crippen LogP contribution in [-0.4, -0.2) is 51.7 Å². The van der Waals surface area contributed by atoms with Crippen LogP contribution in [0.4, 0.5) is 4.79 Å². The Morgan fingerprint density at radius 3 is 2.40 bits per heavy atom. The van der Waals surface area contributed by atoms with Gasteiger partial charge in [0.25, 0.3) is 5.91 Å². The highest BCUT2D eigenvalue weighted by molar-refractivity contribution is 6.04. The number of likely N-dealkylation sites (tertiary alicyclic amines) is 1. The Labute approximate surface area is 232 Å². The van der Waals surface area contributed by atoms with Crippen LogP contribution < -0.4 is 5.32 Å². The molecule has 2 N–H and O–H groups in total. The molecule has 5 rings (SSSR count). The van der Waals surface area contributed by atoms with Crippen molar-refractivity contribution >= 4 is 28.8 Å². The van der Waals surface area contributed by atoms with Crippen LogP contribution in [0, 0.1) is 0 Å². The van der Waals surface area contributed by atoms with Crippen molar-refractivity contribution in [2.24, 2.45) is 0 Å². The molecular formula is C32H31N3O5. The van der Waals surface area contributed by atoms with Crippen LogP contribution in [0.2, 0.25) is 0 Å². The Kier molecular flexibility index (Phi) is 8.07. The quantitative estimate of drug-likeness (QED) is 0.241. The van der Waals surface area contributed by atoms with Gasteiger partial charge in [0.15, 0.2) is 0 Å². The number of amides is 3. The first-order chi connectivity index (χ1) is 19.5. The van der Waals surface area contributed by atoms with Crippen molar-refractivity contribution in [3.63, 3.8) is 0 Å². The molecular weight excluding hydrogens is 506 g/mol. The molecule has 3 atom stereocenters. The number of aliphatic hydroxyl groups is 1. The second kappa shape index (κ2) is 12.0. The van der Waals surface area contributed by atoms with Crippen LogP contribution in [0.5, 0.6) is 0 Å². The highest BCUT2D eigenvalue weighted by atomic mass is 16.5. The van der Waals surface area contributed by atoms with Gasteiger partial charge in [0, 0.05) is 36.0 Å². The first-order valence-electron chi connectivity index (χ1n) is 13.2. The van der Waals surface area contributed by atoms with E-state index in [0.717, 1.165) is 26.9 Å². The Hall–Kier alpha value is -4.69. The number of rotatable bonds is 9. The summed E-state index contributed by atoms with van der Waals surface area (Å²) in [6.07, 6.45) is 2.57. The lowest BCUT2D eigenvalue weighted by molar-refractivity contribution is -0.155. The standard InChI is InChI=1S/C32H31N3O5/c1-2-17-40-32(39)33-30-25(18-29(37)35(31(30)38)28(21-36)23-13-7-4-8-14-23)26-20-34(19-22-11-5-3-6-12-22)27-16-10-9-15-24(26)27/h2-16,20,25,28,30,36H,1,17-19,21H2,(H,33,39)/t25-,28-,30-/m0/s1. The van der Waals surface area contributed by atoms with E-state index in [-0.39, 0.29) is 13.0 Å². The van der Waals surface area contributed by atoms with E-state index in [2.05, 4.69) is 16.5 Å². The zero-order chi connectivity index (χ0) is 28.1. The summed E-state index contributed by atoms with van der Waals surface area (Å²) in [6, 6.07) is 24.7. The second-order valence-corrected chi connectivity index (χ2v) is 9.75. The maximum absolute atomic E-state index is 14.0. The summed E-state index contributed by atoms with van der Waals surface area (Å²) in [5, 5.41) is 13.9. The fourth-order valence-corrected chi connectivity index (χ4v) is 5.42. The van der Waals surface area contributed by atoms with Gasteiger partial charge in [-0.05, 0) is 22.8 Å². The normalized spacial score (nSPS) is 18.0. The topological polar surface area (TPSA) is 101 Å². The molecule has 0 radical (unpaired) electrons. The number of nitrogens with zero attached hydrogens (tertiary/aromatic N) is 2. The van der Waals surface area contributed by atoms with E-state index in [1.807, 2.05) is 66.9 Å². The SMILES string of the molecule is C=CCOC(=O)N[C@@H]1C(=O)N([C@@H](CO)c2ccccc2)C(=O)C[C@H]1c1cn(Cc2ccccc2)c2ccccc12. The number of imide groups is 1. The van der Waals surface area contributed by atoms with E-state index < -0.39 is 42.5 Å². The molecule has 1 fully saturated rings. The summed E-state index contributed by atoms with van der Waals surface area (Å²) in [5.41, 5.74) is 3.46. The molecule has 8 nitrogen and oxygen atoms in total. The number of para-hydroxylation sites is 1. The number of benzene rings is 3. The van der Waals surface area contributed by atoms with E-state index in [9.17, 15) is 19.5 Å². The van der Waals surface area contributed by atoms with Gasteiger partial charge in [-0.2, -0.15) is 0 Å². The van der Waals surface area contributed by atoms with Gasteiger partial charge in [0.1, 0.15) is 12.6 Å². The molecule has 0 unspecified atom stereocenters. The van der Waals surface area contributed by atoms with Gasteiger partial charge < -0.3 is 19.7 Å². The molecule has 4 aromatic rings. The van der Waals surface area contributed by atoms with E-state index in [0.29, 0.717) is 12.1 Å². The van der Waals surface area contributed by atoms with E-state index in [1.165, 1.54) is 6.08 Å². The lowest BCUT2D eigenvalue weighted by atomic mass is 9.83. The molecule has 0 aliphatic carbocycles. The Balaban J connectivity index is 1.56. The Morgan fingerprint density at radius 2 is 1.70 bits per heavy atom. The van der Waals surface area contributed by atoms with E-state index in [1.54, 1.807) is 24.3 Å². The van der Waals surface area contributed by atoms with Gasteiger partial charge >= 0.3 is 6.09 Å². The first kappa shape index (κ1) is 26.9. The molecule has 40 heavy (non-hydrogen) atoms. The number of fused-ring (bicyclic) bond motifs is 1. The Morgan fingerprint density at radius 1 is 1.02 bits per heavy atom. The lowest BCUT2D eigenvalue weighted by Crippen LogP contribution is -2.59. The number of carbonyl (C=O) groups excluding carboxylic acids is 3. The predicted octanol–water partition coefficient (Wildman–Crippen LogP) is 4.55. The van der Waals surface area contributed by atoms with Gasteiger partial charge in [-0.1, -0.05) is 91.5 Å². The van der Waals surface area contributed by atoms with E-state index in [4.69, 9.17) is 4.74 Å². The van der Waals surface area contributed by atoms with Crippen LogP contribution >= 0.6 is 0 Å². The first-order valence-corrected chi connectivity index (χ1v) is 13.2. The summed E-state index contributed by atoms with van der Waals surface area (Å²) in [7, 11) is 0. The van der Waals surface area contributed by atoms with Crippen LogP contribution in [0.3, 0.4) is 0 Å². The molecule has 1 aliphatic rings. The highest BCUT2D eigenvalue weighted by Crippen LogP contribution is 2.38. The van der Waals surface area contributed by atoms with Gasteiger partial charge in [-0.3, -0.25) is 14.5 Å². The lowest BCUT2D eigenvalue weighted by Gasteiger charge is -2.40. The third kappa shape index (κ3) is 5.39. The van der Waals surface area contributed by atoms with Gasteiger partial charge in [0.05, 0.1) is 12.6 Å². The summed E-state index contributed by atoms with van der Waals surface area (Å²) in [6.45, 7) is 3.69. The number of aromatic nitrogens is 1. The van der Waals surface area contributed by atoms with Crippen molar-refractivity contribution in [1.29, 1.82) is 0 Å². The minimum Gasteiger partial charge on any atom is -0.445 e.